The Balaban J connectivity index is 1.73. The number of hydrogen-bond acceptors (Lipinski definition) is 4. The van der Waals surface area contributed by atoms with Gasteiger partial charge in [-0.05, 0) is 19.3 Å². The molecule has 0 bridgehead atoms. The zero-order chi connectivity index (χ0) is 11.2. The smallest absolute Gasteiger partial charge is 0.212 e. The Morgan fingerprint density at radius 1 is 1.62 bits per heavy atom. The third-order valence-corrected chi connectivity index (χ3v) is 2.59. The van der Waals surface area contributed by atoms with E-state index in [2.05, 4.69) is 4.98 Å². The zero-order valence-electron chi connectivity index (χ0n) is 9.13. The summed E-state index contributed by atoms with van der Waals surface area (Å²) in [7, 11) is 0. The van der Waals surface area contributed by atoms with Gasteiger partial charge in [0.25, 0.3) is 0 Å². The predicted octanol–water partition coefficient (Wildman–Crippen LogP) is 1.30. The number of hydrogen-bond donors (Lipinski definition) is 0. The first kappa shape index (κ1) is 11.1. The molecule has 16 heavy (non-hydrogen) atoms. The number of nitriles is 1. The second-order valence-corrected chi connectivity index (χ2v) is 3.72. The van der Waals surface area contributed by atoms with Crippen molar-refractivity contribution in [2.45, 2.75) is 32.1 Å². The highest BCUT2D eigenvalue weighted by Crippen LogP contribution is 2.13. The van der Waals surface area contributed by atoms with E-state index >= 15 is 0 Å². The second-order valence-electron chi connectivity index (χ2n) is 3.72. The summed E-state index contributed by atoms with van der Waals surface area (Å²) in [6, 6.07) is 2.03. The minimum atomic E-state index is -0.0668. The second kappa shape index (κ2) is 5.64. The summed E-state index contributed by atoms with van der Waals surface area (Å²) >= 11 is 0. The van der Waals surface area contributed by atoms with Crippen LogP contribution in [0.25, 0.3) is 0 Å². The van der Waals surface area contributed by atoms with Crippen molar-refractivity contribution in [3.05, 3.63) is 18.2 Å². The summed E-state index contributed by atoms with van der Waals surface area (Å²) in [4.78, 5) is 3.92. The van der Waals surface area contributed by atoms with Crippen LogP contribution in [0, 0.1) is 11.3 Å². The van der Waals surface area contributed by atoms with Crippen LogP contribution in [0.1, 0.15) is 25.1 Å². The van der Waals surface area contributed by atoms with Crippen LogP contribution in [0.5, 0.6) is 0 Å². The van der Waals surface area contributed by atoms with E-state index in [0.717, 1.165) is 19.4 Å². The van der Waals surface area contributed by atoms with Crippen LogP contribution in [0.3, 0.4) is 0 Å². The van der Waals surface area contributed by atoms with Crippen molar-refractivity contribution in [2.75, 3.05) is 13.2 Å². The Kier molecular flexibility index (Phi) is 3.91. The molecule has 0 spiro atoms. The highest BCUT2D eigenvalue weighted by atomic mass is 16.7. The van der Waals surface area contributed by atoms with E-state index in [1.165, 1.54) is 6.42 Å². The average Bonchev–Trinajstić information content (AvgIpc) is 2.78. The van der Waals surface area contributed by atoms with Gasteiger partial charge in [0.05, 0.1) is 6.61 Å². The maximum absolute atomic E-state index is 8.76. The van der Waals surface area contributed by atoms with Gasteiger partial charge in [0.1, 0.15) is 6.07 Å². The minimum Gasteiger partial charge on any atom is -0.353 e. The average molecular weight is 221 g/mol. The topological polar surface area (TPSA) is 60.1 Å². The molecule has 0 amide bonds. The van der Waals surface area contributed by atoms with Gasteiger partial charge in [-0.3, -0.25) is 0 Å². The van der Waals surface area contributed by atoms with Crippen molar-refractivity contribution in [3.8, 4) is 6.07 Å². The molecule has 86 valence electrons. The van der Waals surface area contributed by atoms with Gasteiger partial charge in [-0.25, -0.2) is 4.98 Å². The van der Waals surface area contributed by atoms with Crippen LogP contribution in [-0.2, 0) is 16.0 Å². The summed E-state index contributed by atoms with van der Waals surface area (Å²) < 4.78 is 12.8. The first-order valence-corrected chi connectivity index (χ1v) is 5.54. The van der Waals surface area contributed by atoms with Crippen molar-refractivity contribution >= 4 is 0 Å². The van der Waals surface area contributed by atoms with Crippen molar-refractivity contribution < 1.29 is 9.47 Å². The lowest BCUT2D eigenvalue weighted by Crippen LogP contribution is -2.24. The van der Waals surface area contributed by atoms with Gasteiger partial charge < -0.3 is 14.0 Å². The summed E-state index contributed by atoms with van der Waals surface area (Å²) in [6.07, 6.45) is 6.59. The van der Waals surface area contributed by atoms with Crippen LogP contribution in [0.4, 0.5) is 0 Å². The van der Waals surface area contributed by atoms with Crippen molar-refractivity contribution in [1.82, 2.24) is 9.55 Å². The molecule has 0 N–H and O–H groups in total. The first-order valence-electron chi connectivity index (χ1n) is 5.54. The number of ether oxygens (including phenoxy) is 2. The van der Waals surface area contributed by atoms with Crippen LogP contribution >= 0.6 is 0 Å². The molecule has 1 aliphatic heterocycles. The standard InChI is InChI=1S/C11H15N3O2/c12-9-10-13-4-5-14(10)6-8-16-11-3-1-2-7-15-11/h4-5,11H,1-3,6-8H2/t11-/m1/s1. The Bertz CT molecular complexity index is 364. The van der Waals surface area contributed by atoms with Gasteiger partial charge in [-0.15, -0.1) is 0 Å². The molecule has 1 aromatic heterocycles. The Morgan fingerprint density at radius 2 is 2.56 bits per heavy atom. The lowest BCUT2D eigenvalue weighted by Gasteiger charge is -2.22. The van der Waals surface area contributed by atoms with E-state index < -0.39 is 0 Å². The third kappa shape index (κ3) is 2.81. The van der Waals surface area contributed by atoms with E-state index in [1.54, 1.807) is 17.0 Å². The van der Waals surface area contributed by atoms with Crippen molar-refractivity contribution in [3.63, 3.8) is 0 Å². The van der Waals surface area contributed by atoms with E-state index in [9.17, 15) is 0 Å². The molecular formula is C11H15N3O2. The van der Waals surface area contributed by atoms with E-state index in [0.29, 0.717) is 19.0 Å². The summed E-state index contributed by atoms with van der Waals surface area (Å²) in [5.74, 6) is 0.424. The number of imidazole rings is 1. The molecule has 0 unspecified atom stereocenters. The molecule has 0 radical (unpaired) electrons. The van der Waals surface area contributed by atoms with E-state index in [-0.39, 0.29) is 6.29 Å². The molecule has 1 saturated heterocycles. The number of rotatable bonds is 4. The molecule has 1 atom stereocenters. The van der Waals surface area contributed by atoms with Crippen LogP contribution < -0.4 is 0 Å². The van der Waals surface area contributed by atoms with Gasteiger partial charge in [0.2, 0.25) is 5.82 Å². The maximum atomic E-state index is 8.76. The quantitative estimate of drug-likeness (QED) is 0.768. The predicted molar refractivity (Wildman–Crippen MR) is 56.5 cm³/mol. The monoisotopic (exact) mass is 221 g/mol. The normalized spacial score (nSPS) is 20.6. The van der Waals surface area contributed by atoms with Crippen molar-refractivity contribution in [2.24, 2.45) is 0 Å². The molecule has 0 aromatic carbocycles. The van der Waals surface area contributed by atoms with Crippen LogP contribution in [0.2, 0.25) is 0 Å². The Hall–Kier alpha value is -1.38. The summed E-state index contributed by atoms with van der Waals surface area (Å²) in [6.45, 7) is 1.98. The molecule has 2 rings (SSSR count). The number of nitrogens with zero attached hydrogens (tertiary/aromatic N) is 3. The largest absolute Gasteiger partial charge is 0.353 e. The molecule has 0 saturated carbocycles. The molecule has 5 nitrogen and oxygen atoms in total. The fourth-order valence-electron chi connectivity index (χ4n) is 1.73. The lowest BCUT2D eigenvalue weighted by atomic mass is 10.2. The van der Waals surface area contributed by atoms with E-state index in [4.69, 9.17) is 14.7 Å². The molecule has 1 aliphatic rings. The molecule has 1 aromatic rings. The highest BCUT2D eigenvalue weighted by molar-refractivity contribution is 5.10. The maximum Gasteiger partial charge on any atom is 0.212 e. The van der Waals surface area contributed by atoms with Gasteiger partial charge in [0, 0.05) is 25.5 Å². The SMILES string of the molecule is N#Cc1nccn1CCO[C@@H]1CCCCO1. The first-order chi connectivity index (χ1) is 7.90. The number of aromatic nitrogens is 2. The molecule has 1 fully saturated rings. The van der Waals surface area contributed by atoms with Crippen molar-refractivity contribution in [1.29, 1.82) is 5.26 Å². The molecule has 2 heterocycles. The molecule has 0 aliphatic carbocycles. The Labute approximate surface area is 94.6 Å². The fourth-order valence-corrected chi connectivity index (χ4v) is 1.73. The molecule has 5 heteroatoms. The van der Waals surface area contributed by atoms with Gasteiger partial charge in [-0.1, -0.05) is 0 Å². The van der Waals surface area contributed by atoms with Crippen LogP contribution in [0.15, 0.2) is 12.4 Å². The molecular weight excluding hydrogens is 206 g/mol. The van der Waals surface area contributed by atoms with Gasteiger partial charge >= 0.3 is 0 Å². The lowest BCUT2D eigenvalue weighted by molar-refractivity contribution is -0.163. The highest BCUT2D eigenvalue weighted by Gasteiger charge is 2.13. The minimum absolute atomic E-state index is 0.0668. The third-order valence-electron chi connectivity index (χ3n) is 2.59. The zero-order valence-corrected chi connectivity index (χ0v) is 9.13. The summed E-state index contributed by atoms with van der Waals surface area (Å²) in [5, 5.41) is 8.76. The Morgan fingerprint density at radius 3 is 3.31 bits per heavy atom. The van der Waals surface area contributed by atoms with E-state index in [1.807, 2.05) is 6.07 Å². The van der Waals surface area contributed by atoms with Crippen LogP contribution in [-0.4, -0.2) is 29.1 Å². The van der Waals surface area contributed by atoms with Gasteiger partial charge in [-0.2, -0.15) is 5.26 Å². The van der Waals surface area contributed by atoms with Gasteiger partial charge in [0.15, 0.2) is 6.29 Å². The summed E-state index contributed by atoms with van der Waals surface area (Å²) in [5.41, 5.74) is 0. The fraction of sp³-hybridized carbons (Fsp3) is 0.636.